The fraction of sp³-hybridized carbons (Fsp3) is 0.182. The minimum atomic E-state index is 0.587. The van der Waals surface area contributed by atoms with Gasteiger partial charge in [-0.1, -0.05) is 72.3 Å². The Hall–Kier alpha value is -2.58. The lowest BCUT2D eigenvalue weighted by Gasteiger charge is -2.08. The van der Waals surface area contributed by atoms with Crippen molar-refractivity contribution < 1.29 is 9.47 Å². The molecule has 122 valence electrons. The van der Waals surface area contributed by atoms with Crippen molar-refractivity contribution in [2.75, 3.05) is 0 Å². The van der Waals surface area contributed by atoms with E-state index < -0.39 is 0 Å². The summed E-state index contributed by atoms with van der Waals surface area (Å²) in [6.07, 6.45) is 0. The van der Waals surface area contributed by atoms with Crippen LogP contribution < -0.4 is 4.74 Å². The van der Waals surface area contributed by atoms with E-state index in [1.807, 2.05) is 30.3 Å². The van der Waals surface area contributed by atoms with Gasteiger partial charge in [-0.25, -0.2) is 0 Å². The second-order valence-electron chi connectivity index (χ2n) is 5.90. The van der Waals surface area contributed by atoms with Crippen LogP contribution in [0.2, 0.25) is 0 Å². The van der Waals surface area contributed by atoms with E-state index in [4.69, 9.17) is 9.47 Å². The molecular weight excluding hydrogens is 296 g/mol. The Morgan fingerprint density at radius 1 is 0.583 bits per heavy atom. The van der Waals surface area contributed by atoms with E-state index in [0.29, 0.717) is 19.8 Å². The summed E-state index contributed by atoms with van der Waals surface area (Å²) in [5.41, 5.74) is 4.78. The Balaban J connectivity index is 1.45. The third-order valence-corrected chi connectivity index (χ3v) is 3.83. The largest absolute Gasteiger partial charge is 0.489 e. The van der Waals surface area contributed by atoms with Crippen molar-refractivity contribution in [1.82, 2.24) is 0 Å². The number of hydrogen-bond donors (Lipinski definition) is 0. The topological polar surface area (TPSA) is 18.5 Å². The Bertz CT molecular complexity index is 731. The van der Waals surface area contributed by atoms with Crippen LogP contribution in [0, 0.1) is 6.92 Å². The number of aryl methyl sites for hydroxylation is 1. The highest BCUT2D eigenvalue weighted by Gasteiger charge is 1.99. The normalized spacial score (nSPS) is 10.5. The van der Waals surface area contributed by atoms with Crippen molar-refractivity contribution in [3.63, 3.8) is 0 Å². The van der Waals surface area contributed by atoms with Gasteiger partial charge in [-0.15, -0.1) is 0 Å². The zero-order chi connectivity index (χ0) is 16.6. The first-order valence-electron chi connectivity index (χ1n) is 8.18. The molecule has 0 saturated heterocycles. The van der Waals surface area contributed by atoms with E-state index in [1.165, 1.54) is 16.7 Å². The van der Waals surface area contributed by atoms with Gasteiger partial charge in [0.25, 0.3) is 0 Å². The maximum Gasteiger partial charge on any atom is 0.119 e. The summed E-state index contributed by atoms with van der Waals surface area (Å²) < 4.78 is 11.6. The van der Waals surface area contributed by atoms with Crippen molar-refractivity contribution in [1.29, 1.82) is 0 Å². The van der Waals surface area contributed by atoms with Crippen molar-refractivity contribution in [3.8, 4) is 5.75 Å². The maximum absolute atomic E-state index is 5.82. The van der Waals surface area contributed by atoms with Crippen LogP contribution in [0.4, 0.5) is 0 Å². The summed E-state index contributed by atoms with van der Waals surface area (Å²) in [4.78, 5) is 0. The van der Waals surface area contributed by atoms with Gasteiger partial charge in [-0.3, -0.25) is 0 Å². The van der Waals surface area contributed by atoms with Gasteiger partial charge in [0, 0.05) is 0 Å². The van der Waals surface area contributed by atoms with E-state index >= 15 is 0 Å². The summed E-state index contributed by atoms with van der Waals surface area (Å²) in [7, 11) is 0. The molecule has 3 rings (SSSR count). The molecule has 0 bridgehead atoms. The van der Waals surface area contributed by atoms with Crippen molar-refractivity contribution in [2.24, 2.45) is 0 Å². The SMILES string of the molecule is Cc1ccc(COc2ccc(COCc3ccccc3)cc2)cc1. The third-order valence-electron chi connectivity index (χ3n) is 3.83. The molecule has 24 heavy (non-hydrogen) atoms. The summed E-state index contributed by atoms with van der Waals surface area (Å²) in [5, 5.41) is 0. The van der Waals surface area contributed by atoms with E-state index in [2.05, 4.69) is 55.5 Å². The summed E-state index contributed by atoms with van der Waals surface area (Å²) >= 11 is 0. The molecule has 0 aliphatic carbocycles. The molecule has 0 aliphatic heterocycles. The van der Waals surface area contributed by atoms with Crippen LogP contribution in [0.3, 0.4) is 0 Å². The molecule has 0 unspecified atom stereocenters. The lowest BCUT2D eigenvalue weighted by Crippen LogP contribution is -1.97. The Labute approximate surface area is 143 Å². The van der Waals surface area contributed by atoms with E-state index in [0.717, 1.165) is 11.3 Å². The van der Waals surface area contributed by atoms with Crippen molar-refractivity contribution in [3.05, 3.63) is 101 Å². The Morgan fingerprint density at radius 3 is 1.79 bits per heavy atom. The summed E-state index contributed by atoms with van der Waals surface area (Å²) in [6.45, 7) is 3.91. The van der Waals surface area contributed by atoms with Gasteiger partial charge >= 0.3 is 0 Å². The highest BCUT2D eigenvalue weighted by Crippen LogP contribution is 2.15. The monoisotopic (exact) mass is 318 g/mol. The molecule has 0 spiro atoms. The molecule has 0 aliphatic rings. The lowest BCUT2D eigenvalue weighted by molar-refractivity contribution is 0.107. The zero-order valence-electron chi connectivity index (χ0n) is 13.9. The number of rotatable bonds is 7. The predicted molar refractivity (Wildman–Crippen MR) is 96.9 cm³/mol. The van der Waals surface area contributed by atoms with Gasteiger partial charge in [0.15, 0.2) is 0 Å². The van der Waals surface area contributed by atoms with Gasteiger partial charge in [0.05, 0.1) is 13.2 Å². The molecule has 0 aromatic heterocycles. The van der Waals surface area contributed by atoms with Crippen LogP contribution in [0.25, 0.3) is 0 Å². The Morgan fingerprint density at radius 2 is 1.12 bits per heavy atom. The van der Waals surface area contributed by atoms with Crippen LogP contribution in [-0.4, -0.2) is 0 Å². The van der Waals surface area contributed by atoms with Gasteiger partial charge in [0.1, 0.15) is 12.4 Å². The second kappa shape index (κ2) is 8.32. The first kappa shape index (κ1) is 16.3. The van der Waals surface area contributed by atoms with Crippen LogP contribution in [0.15, 0.2) is 78.9 Å². The molecule has 0 atom stereocenters. The minimum absolute atomic E-state index is 0.587. The van der Waals surface area contributed by atoms with Crippen LogP contribution >= 0.6 is 0 Å². The third kappa shape index (κ3) is 4.97. The lowest BCUT2D eigenvalue weighted by atomic mass is 10.2. The number of ether oxygens (including phenoxy) is 2. The molecule has 3 aromatic rings. The van der Waals surface area contributed by atoms with Gasteiger partial charge in [-0.05, 0) is 35.7 Å². The quantitative estimate of drug-likeness (QED) is 0.589. The molecule has 3 aromatic carbocycles. The van der Waals surface area contributed by atoms with Crippen molar-refractivity contribution >= 4 is 0 Å². The van der Waals surface area contributed by atoms with E-state index in [9.17, 15) is 0 Å². The summed E-state index contributed by atoms with van der Waals surface area (Å²) in [6, 6.07) is 26.7. The van der Waals surface area contributed by atoms with Crippen molar-refractivity contribution in [2.45, 2.75) is 26.7 Å². The first-order valence-corrected chi connectivity index (χ1v) is 8.18. The highest BCUT2D eigenvalue weighted by atomic mass is 16.5. The molecule has 0 radical (unpaired) electrons. The number of benzene rings is 3. The van der Waals surface area contributed by atoms with Gasteiger partial charge < -0.3 is 9.47 Å². The molecule has 0 saturated carbocycles. The molecule has 0 amide bonds. The fourth-order valence-electron chi connectivity index (χ4n) is 2.39. The second-order valence-corrected chi connectivity index (χ2v) is 5.90. The molecule has 0 heterocycles. The smallest absolute Gasteiger partial charge is 0.119 e. The fourth-order valence-corrected chi connectivity index (χ4v) is 2.39. The molecule has 2 heteroatoms. The predicted octanol–water partition coefficient (Wildman–Crippen LogP) is 5.29. The summed E-state index contributed by atoms with van der Waals surface area (Å²) in [5.74, 6) is 0.877. The number of hydrogen-bond acceptors (Lipinski definition) is 2. The molecule has 0 N–H and O–H groups in total. The van der Waals surface area contributed by atoms with Crippen LogP contribution in [-0.2, 0) is 24.6 Å². The van der Waals surface area contributed by atoms with Crippen LogP contribution in [0.1, 0.15) is 22.3 Å². The van der Waals surface area contributed by atoms with Gasteiger partial charge in [0.2, 0.25) is 0 Å². The highest BCUT2D eigenvalue weighted by molar-refractivity contribution is 5.28. The van der Waals surface area contributed by atoms with Gasteiger partial charge in [-0.2, -0.15) is 0 Å². The standard InChI is InChI=1S/C22H22O2/c1-18-7-9-21(10-8-18)17-24-22-13-11-20(12-14-22)16-23-15-19-5-3-2-4-6-19/h2-14H,15-17H2,1H3. The average Bonchev–Trinajstić information content (AvgIpc) is 2.63. The maximum atomic E-state index is 5.82. The first-order chi connectivity index (χ1) is 11.8. The van der Waals surface area contributed by atoms with E-state index in [-0.39, 0.29) is 0 Å². The van der Waals surface area contributed by atoms with Crippen LogP contribution in [0.5, 0.6) is 5.75 Å². The molecular formula is C22H22O2. The zero-order valence-corrected chi connectivity index (χ0v) is 13.9. The average molecular weight is 318 g/mol. The molecule has 0 fully saturated rings. The van der Waals surface area contributed by atoms with E-state index in [1.54, 1.807) is 0 Å². The minimum Gasteiger partial charge on any atom is -0.489 e. The molecule has 2 nitrogen and oxygen atoms in total. The Kier molecular flexibility index (Phi) is 5.65.